The number of benzene rings is 2. The molecular formula is C26H31N3O3. The van der Waals surface area contributed by atoms with Crippen LogP contribution in [0.2, 0.25) is 0 Å². The van der Waals surface area contributed by atoms with E-state index in [-0.39, 0.29) is 5.91 Å². The largest absolute Gasteiger partial charge is 0.444 e. The van der Waals surface area contributed by atoms with Crippen LogP contribution in [0.5, 0.6) is 0 Å². The van der Waals surface area contributed by atoms with E-state index in [1.54, 1.807) is 57.2 Å². The molecule has 0 unspecified atom stereocenters. The van der Waals surface area contributed by atoms with Crippen molar-refractivity contribution in [1.29, 1.82) is 0 Å². The lowest BCUT2D eigenvalue weighted by molar-refractivity contribution is 0.0635. The number of rotatable bonds is 3. The average Bonchev–Trinajstić information content (AvgIpc) is 2.73. The summed E-state index contributed by atoms with van der Waals surface area (Å²) in [5, 5.41) is 5.52. The summed E-state index contributed by atoms with van der Waals surface area (Å²) in [6.45, 7) is 5.37. The highest BCUT2D eigenvalue weighted by molar-refractivity contribution is 6.06. The molecule has 0 heterocycles. The van der Waals surface area contributed by atoms with Gasteiger partial charge < -0.3 is 15.8 Å². The summed E-state index contributed by atoms with van der Waals surface area (Å²) in [6.07, 6.45) is 4.73. The van der Waals surface area contributed by atoms with Crippen LogP contribution in [0.15, 0.2) is 48.5 Å². The van der Waals surface area contributed by atoms with Gasteiger partial charge in [-0.2, -0.15) is 0 Å². The molecule has 168 valence electrons. The minimum atomic E-state index is -0.618. The molecule has 1 aliphatic carbocycles. The van der Waals surface area contributed by atoms with Crippen LogP contribution in [-0.4, -0.2) is 23.1 Å². The summed E-state index contributed by atoms with van der Waals surface area (Å²) in [5.74, 6) is 6.08. The van der Waals surface area contributed by atoms with Gasteiger partial charge in [-0.15, -0.1) is 0 Å². The molecule has 2 aromatic rings. The summed E-state index contributed by atoms with van der Waals surface area (Å²) < 4.78 is 5.29. The third-order valence-electron chi connectivity index (χ3n) is 5.16. The minimum absolute atomic E-state index is 0.287. The Hall–Kier alpha value is -3.30. The van der Waals surface area contributed by atoms with Gasteiger partial charge in [0.25, 0.3) is 5.91 Å². The number of hydrogen-bond donors (Lipinski definition) is 3. The molecule has 0 aromatic heterocycles. The van der Waals surface area contributed by atoms with Gasteiger partial charge in [0.15, 0.2) is 0 Å². The molecule has 0 spiro atoms. The fourth-order valence-electron chi connectivity index (χ4n) is 3.52. The summed E-state index contributed by atoms with van der Waals surface area (Å²) in [5.41, 5.74) is 7.61. The lowest BCUT2D eigenvalue weighted by atomic mass is 9.83. The number of carbonyl (C=O) groups excluding carboxylic acids is 2. The Morgan fingerprint density at radius 2 is 1.53 bits per heavy atom. The number of hydrogen-bond acceptors (Lipinski definition) is 4. The Kier molecular flexibility index (Phi) is 7.22. The minimum Gasteiger partial charge on any atom is -0.444 e. The van der Waals surface area contributed by atoms with Gasteiger partial charge in [-0.05, 0) is 70.0 Å². The van der Waals surface area contributed by atoms with E-state index in [0.717, 1.165) is 31.2 Å². The Morgan fingerprint density at radius 1 is 0.938 bits per heavy atom. The molecule has 32 heavy (non-hydrogen) atoms. The van der Waals surface area contributed by atoms with E-state index in [4.69, 9.17) is 10.5 Å². The van der Waals surface area contributed by atoms with Crippen LogP contribution in [-0.2, 0) is 4.74 Å². The number of nitrogens with two attached hydrogens (primary N) is 1. The standard InChI is InChI=1S/C26H31N3O3/c1-25(2,3)32-24(31)29-22-10-6-5-9-21(22)28-23(30)20-13-11-19(12-14-20)15-18-26(27)16-7-4-8-17-26/h5-6,9-14H,4,7-8,16-17,27H2,1-3H3,(H,28,30)(H,29,31). The Balaban J connectivity index is 1.66. The van der Waals surface area contributed by atoms with Crippen LogP contribution in [0.1, 0.15) is 68.8 Å². The van der Waals surface area contributed by atoms with E-state index < -0.39 is 17.2 Å². The van der Waals surface area contributed by atoms with Crippen LogP contribution in [0.3, 0.4) is 0 Å². The molecule has 2 amide bonds. The third kappa shape index (κ3) is 6.86. The lowest BCUT2D eigenvalue weighted by Crippen LogP contribution is -2.40. The average molecular weight is 434 g/mol. The van der Waals surface area contributed by atoms with Gasteiger partial charge in [-0.25, -0.2) is 4.79 Å². The SMILES string of the molecule is CC(C)(C)OC(=O)Nc1ccccc1NC(=O)c1ccc(C#CC2(N)CCCCC2)cc1. The van der Waals surface area contributed by atoms with Gasteiger partial charge in [-0.3, -0.25) is 10.1 Å². The summed E-state index contributed by atoms with van der Waals surface area (Å²) >= 11 is 0. The molecule has 4 N–H and O–H groups in total. The second-order valence-corrected chi connectivity index (χ2v) is 9.17. The monoisotopic (exact) mass is 433 g/mol. The quantitative estimate of drug-likeness (QED) is 0.573. The van der Waals surface area contributed by atoms with Crippen LogP contribution in [0, 0.1) is 11.8 Å². The molecule has 0 saturated heterocycles. The maximum absolute atomic E-state index is 12.7. The van der Waals surface area contributed by atoms with Gasteiger partial charge >= 0.3 is 6.09 Å². The van der Waals surface area contributed by atoms with E-state index in [1.165, 1.54) is 6.42 Å². The molecule has 0 bridgehead atoms. The highest BCUT2D eigenvalue weighted by Crippen LogP contribution is 2.25. The molecule has 0 aliphatic heterocycles. The Bertz CT molecular complexity index is 1020. The third-order valence-corrected chi connectivity index (χ3v) is 5.16. The zero-order valence-corrected chi connectivity index (χ0v) is 19.0. The first-order valence-electron chi connectivity index (χ1n) is 11.0. The Labute approximate surface area is 189 Å². The van der Waals surface area contributed by atoms with Crippen molar-refractivity contribution >= 4 is 23.4 Å². The molecule has 6 nitrogen and oxygen atoms in total. The lowest BCUT2D eigenvalue weighted by Gasteiger charge is -2.27. The number of nitrogens with one attached hydrogen (secondary N) is 2. The van der Waals surface area contributed by atoms with Gasteiger partial charge in [0, 0.05) is 11.1 Å². The molecule has 3 rings (SSSR count). The first-order valence-corrected chi connectivity index (χ1v) is 11.0. The molecule has 1 aliphatic rings. The van der Waals surface area contributed by atoms with Gasteiger partial charge in [0.2, 0.25) is 0 Å². The number of ether oxygens (including phenoxy) is 1. The van der Waals surface area contributed by atoms with E-state index in [9.17, 15) is 9.59 Å². The van der Waals surface area contributed by atoms with Crippen molar-refractivity contribution in [2.24, 2.45) is 5.73 Å². The van der Waals surface area contributed by atoms with Crippen LogP contribution in [0.25, 0.3) is 0 Å². The van der Waals surface area contributed by atoms with Crippen molar-refractivity contribution in [3.05, 3.63) is 59.7 Å². The van der Waals surface area contributed by atoms with E-state index in [2.05, 4.69) is 22.5 Å². The molecule has 2 aromatic carbocycles. The first-order chi connectivity index (χ1) is 15.1. The molecule has 0 radical (unpaired) electrons. The van der Waals surface area contributed by atoms with Crippen molar-refractivity contribution in [2.45, 2.75) is 64.0 Å². The highest BCUT2D eigenvalue weighted by Gasteiger charge is 2.24. The van der Waals surface area contributed by atoms with Gasteiger partial charge in [0.1, 0.15) is 5.60 Å². The van der Waals surface area contributed by atoms with Crippen LogP contribution >= 0.6 is 0 Å². The fourth-order valence-corrected chi connectivity index (χ4v) is 3.52. The molecule has 1 fully saturated rings. The normalized spacial score (nSPS) is 15.1. The molecular weight excluding hydrogens is 402 g/mol. The highest BCUT2D eigenvalue weighted by atomic mass is 16.6. The van der Waals surface area contributed by atoms with E-state index in [1.807, 2.05) is 12.1 Å². The second-order valence-electron chi connectivity index (χ2n) is 9.17. The van der Waals surface area contributed by atoms with Crippen LogP contribution < -0.4 is 16.4 Å². The fraction of sp³-hybridized carbons (Fsp3) is 0.385. The molecule has 1 saturated carbocycles. The summed E-state index contributed by atoms with van der Waals surface area (Å²) in [7, 11) is 0. The smallest absolute Gasteiger partial charge is 0.412 e. The number of para-hydroxylation sites is 2. The van der Waals surface area contributed by atoms with Crippen molar-refractivity contribution in [2.75, 3.05) is 10.6 Å². The number of amides is 2. The zero-order valence-electron chi connectivity index (χ0n) is 19.0. The van der Waals surface area contributed by atoms with Crippen LogP contribution in [0.4, 0.5) is 16.2 Å². The Morgan fingerprint density at radius 3 is 2.12 bits per heavy atom. The predicted molar refractivity (Wildman–Crippen MR) is 128 cm³/mol. The van der Waals surface area contributed by atoms with Crippen molar-refractivity contribution in [3.8, 4) is 11.8 Å². The number of carbonyl (C=O) groups is 2. The molecule has 6 heteroatoms. The topological polar surface area (TPSA) is 93.5 Å². The second kappa shape index (κ2) is 9.88. The maximum atomic E-state index is 12.7. The van der Waals surface area contributed by atoms with Gasteiger partial charge in [-0.1, -0.05) is 43.2 Å². The number of anilines is 2. The summed E-state index contributed by atoms with van der Waals surface area (Å²) in [6, 6.07) is 14.1. The van der Waals surface area contributed by atoms with Gasteiger partial charge in [0.05, 0.1) is 16.9 Å². The summed E-state index contributed by atoms with van der Waals surface area (Å²) in [4.78, 5) is 24.8. The first kappa shape index (κ1) is 23.4. The van der Waals surface area contributed by atoms with Crippen molar-refractivity contribution in [3.63, 3.8) is 0 Å². The van der Waals surface area contributed by atoms with Crippen molar-refractivity contribution < 1.29 is 14.3 Å². The molecule has 0 atom stereocenters. The van der Waals surface area contributed by atoms with E-state index in [0.29, 0.717) is 16.9 Å². The van der Waals surface area contributed by atoms with Crippen molar-refractivity contribution in [1.82, 2.24) is 0 Å². The predicted octanol–water partition coefficient (Wildman–Crippen LogP) is 5.30. The zero-order chi connectivity index (χ0) is 23.2. The maximum Gasteiger partial charge on any atom is 0.412 e. The van der Waals surface area contributed by atoms with E-state index >= 15 is 0 Å².